The van der Waals surface area contributed by atoms with Gasteiger partial charge in [0.1, 0.15) is 6.10 Å². The molecule has 1 saturated heterocycles. The smallest absolute Gasteiger partial charge is 0.297 e. The quantitative estimate of drug-likeness (QED) is 0.347. The van der Waals surface area contributed by atoms with Crippen LogP contribution in [0.2, 0.25) is 0 Å². The van der Waals surface area contributed by atoms with Gasteiger partial charge in [-0.3, -0.25) is 4.18 Å². The lowest BCUT2D eigenvalue weighted by molar-refractivity contribution is -0.106. The molecule has 0 radical (unpaired) electrons. The summed E-state index contributed by atoms with van der Waals surface area (Å²) in [6.07, 6.45) is 5.41. The standard InChI is InChI=1S/C28H36F2O5S/c1-3-8-19-11-13-20(14-12-19)28-25(35-36(31,32)22-9-6-5-7-10-22)17-21(18-34-28)23-15-16-24(33-4-2)27(30)26(23)29/h5-7,9-10,15-16,19-21,25,28H,3-4,8,11-14,17-18H2,1-2H3/t19?,20?,21-,25+,28-/m1/s1. The number of hydrogen-bond acceptors (Lipinski definition) is 5. The fourth-order valence-corrected chi connectivity index (χ4v) is 6.83. The fourth-order valence-electron chi connectivity index (χ4n) is 5.72. The summed E-state index contributed by atoms with van der Waals surface area (Å²) in [6, 6.07) is 10.9. The van der Waals surface area contributed by atoms with Crippen LogP contribution in [-0.2, 0) is 19.0 Å². The molecule has 2 fully saturated rings. The van der Waals surface area contributed by atoms with E-state index in [0.717, 1.165) is 32.1 Å². The lowest BCUT2D eigenvalue weighted by Crippen LogP contribution is -2.46. The molecule has 1 aliphatic carbocycles. The van der Waals surface area contributed by atoms with E-state index in [2.05, 4.69) is 6.92 Å². The van der Waals surface area contributed by atoms with E-state index < -0.39 is 39.9 Å². The van der Waals surface area contributed by atoms with E-state index in [4.69, 9.17) is 13.7 Å². The normalized spacial score (nSPS) is 27.1. The van der Waals surface area contributed by atoms with Crippen molar-refractivity contribution in [3.8, 4) is 5.75 Å². The summed E-state index contributed by atoms with van der Waals surface area (Å²) in [6.45, 7) is 4.29. The van der Waals surface area contributed by atoms with Crippen LogP contribution >= 0.6 is 0 Å². The van der Waals surface area contributed by atoms with Crippen molar-refractivity contribution in [2.24, 2.45) is 11.8 Å². The van der Waals surface area contributed by atoms with Crippen LogP contribution in [0.15, 0.2) is 47.4 Å². The van der Waals surface area contributed by atoms with Gasteiger partial charge in [-0.1, -0.05) is 56.9 Å². The van der Waals surface area contributed by atoms with E-state index in [1.165, 1.54) is 30.7 Å². The van der Waals surface area contributed by atoms with Gasteiger partial charge in [0.15, 0.2) is 11.6 Å². The van der Waals surface area contributed by atoms with Crippen molar-refractivity contribution >= 4 is 10.1 Å². The highest BCUT2D eigenvalue weighted by atomic mass is 32.2. The minimum atomic E-state index is -4.06. The highest BCUT2D eigenvalue weighted by molar-refractivity contribution is 7.86. The predicted molar refractivity (Wildman–Crippen MR) is 133 cm³/mol. The van der Waals surface area contributed by atoms with Crippen LogP contribution in [0.25, 0.3) is 0 Å². The van der Waals surface area contributed by atoms with Gasteiger partial charge in [0.2, 0.25) is 5.82 Å². The Bertz CT molecular complexity index is 1100. The third-order valence-corrected chi connectivity index (χ3v) is 8.87. The summed E-state index contributed by atoms with van der Waals surface area (Å²) in [4.78, 5) is 0.0656. The zero-order valence-electron chi connectivity index (χ0n) is 21.0. The molecule has 198 valence electrons. The van der Waals surface area contributed by atoms with Crippen LogP contribution < -0.4 is 4.74 Å². The van der Waals surface area contributed by atoms with Gasteiger partial charge in [0, 0.05) is 5.92 Å². The second-order valence-electron chi connectivity index (χ2n) is 9.92. The molecule has 2 aromatic rings. The molecule has 0 N–H and O–H groups in total. The van der Waals surface area contributed by atoms with Crippen LogP contribution in [-0.4, -0.2) is 33.8 Å². The average Bonchev–Trinajstić information content (AvgIpc) is 2.88. The van der Waals surface area contributed by atoms with Crippen molar-refractivity contribution in [1.29, 1.82) is 0 Å². The Morgan fingerprint density at radius 2 is 1.69 bits per heavy atom. The topological polar surface area (TPSA) is 61.8 Å². The number of halogens is 2. The van der Waals surface area contributed by atoms with Gasteiger partial charge in [-0.25, -0.2) is 4.39 Å². The van der Waals surface area contributed by atoms with Gasteiger partial charge in [-0.2, -0.15) is 12.8 Å². The van der Waals surface area contributed by atoms with Crippen LogP contribution in [0.4, 0.5) is 8.78 Å². The molecule has 2 aromatic carbocycles. The highest BCUT2D eigenvalue weighted by Gasteiger charge is 2.42. The third kappa shape index (κ3) is 6.09. The van der Waals surface area contributed by atoms with Gasteiger partial charge in [-0.05, 0) is 61.8 Å². The van der Waals surface area contributed by atoms with Crippen LogP contribution in [0.1, 0.15) is 70.3 Å². The first-order valence-electron chi connectivity index (χ1n) is 13.0. The number of ether oxygens (including phenoxy) is 2. The zero-order chi connectivity index (χ0) is 25.7. The molecule has 4 rings (SSSR count). The maximum Gasteiger partial charge on any atom is 0.297 e. The summed E-state index contributed by atoms with van der Waals surface area (Å²) in [7, 11) is -4.06. The van der Waals surface area contributed by atoms with Crippen LogP contribution in [0.5, 0.6) is 5.75 Å². The Morgan fingerprint density at radius 3 is 2.36 bits per heavy atom. The Kier molecular flexibility index (Phi) is 9.01. The van der Waals surface area contributed by atoms with E-state index in [1.54, 1.807) is 25.1 Å². The van der Waals surface area contributed by atoms with Crippen molar-refractivity contribution in [1.82, 2.24) is 0 Å². The fraction of sp³-hybridized carbons (Fsp3) is 0.571. The second kappa shape index (κ2) is 12.0. The molecule has 3 atom stereocenters. The van der Waals surface area contributed by atoms with Gasteiger partial charge < -0.3 is 9.47 Å². The second-order valence-corrected chi connectivity index (χ2v) is 11.5. The van der Waals surface area contributed by atoms with E-state index in [1.807, 2.05) is 0 Å². The maximum absolute atomic E-state index is 15.0. The van der Waals surface area contributed by atoms with E-state index in [0.29, 0.717) is 5.92 Å². The molecular formula is C28H36F2O5S. The van der Waals surface area contributed by atoms with E-state index in [-0.39, 0.29) is 41.8 Å². The van der Waals surface area contributed by atoms with Crippen molar-refractivity contribution in [3.63, 3.8) is 0 Å². The van der Waals surface area contributed by atoms with E-state index >= 15 is 0 Å². The van der Waals surface area contributed by atoms with Gasteiger partial charge in [0.05, 0.1) is 24.2 Å². The molecule has 1 saturated carbocycles. The van der Waals surface area contributed by atoms with Crippen LogP contribution in [0.3, 0.4) is 0 Å². The molecule has 1 aliphatic heterocycles. The van der Waals surface area contributed by atoms with Gasteiger partial charge >= 0.3 is 0 Å². The summed E-state index contributed by atoms with van der Waals surface area (Å²) in [5.41, 5.74) is 0.145. The molecule has 0 amide bonds. The highest BCUT2D eigenvalue weighted by Crippen LogP contribution is 2.42. The van der Waals surface area contributed by atoms with Gasteiger partial charge in [-0.15, -0.1) is 0 Å². The Balaban J connectivity index is 1.57. The molecular weight excluding hydrogens is 486 g/mol. The van der Waals surface area contributed by atoms with Crippen molar-refractivity contribution < 1.29 is 30.9 Å². The molecule has 36 heavy (non-hydrogen) atoms. The summed E-state index contributed by atoms with van der Waals surface area (Å²) < 4.78 is 73.0. The molecule has 8 heteroatoms. The van der Waals surface area contributed by atoms with Gasteiger partial charge in [0.25, 0.3) is 10.1 Å². The van der Waals surface area contributed by atoms with Crippen LogP contribution in [0, 0.1) is 23.5 Å². The SMILES string of the molecule is CCCC1CCC([C@H]2OC[C@H](c3ccc(OCC)c(F)c3F)C[C@@H]2OS(=O)(=O)c2ccccc2)CC1. The third-order valence-electron chi connectivity index (χ3n) is 7.52. The minimum Gasteiger partial charge on any atom is -0.491 e. The Morgan fingerprint density at radius 1 is 0.972 bits per heavy atom. The molecule has 0 aromatic heterocycles. The number of rotatable bonds is 9. The lowest BCUT2D eigenvalue weighted by Gasteiger charge is -2.42. The first-order valence-corrected chi connectivity index (χ1v) is 14.5. The molecule has 0 spiro atoms. The molecule has 2 aliphatic rings. The largest absolute Gasteiger partial charge is 0.491 e. The first kappa shape index (κ1) is 27.0. The lowest BCUT2D eigenvalue weighted by atomic mass is 9.75. The Hall–Kier alpha value is -2.03. The molecule has 0 bridgehead atoms. The summed E-state index contributed by atoms with van der Waals surface area (Å²) in [5, 5.41) is 0. The first-order chi connectivity index (χ1) is 17.3. The predicted octanol–water partition coefficient (Wildman–Crippen LogP) is 6.62. The maximum atomic E-state index is 15.0. The van der Waals surface area contributed by atoms with E-state index in [9.17, 15) is 17.2 Å². The molecule has 5 nitrogen and oxygen atoms in total. The van der Waals surface area contributed by atoms with Crippen molar-refractivity contribution in [2.45, 2.75) is 81.8 Å². The number of benzene rings is 2. The van der Waals surface area contributed by atoms with Crippen molar-refractivity contribution in [2.75, 3.05) is 13.2 Å². The number of hydrogen-bond donors (Lipinski definition) is 0. The molecule has 1 heterocycles. The monoisotopic (exact) mass is 522 g/mol. The Labute approximate surface area is 213 Å². The zero-order valence-corrected chi connectivity index (χ0v) is 21.8. The molecule has 0 unspecified atom stereocenters. The average molecular weight is 523 g/mol. The summed E-state index contributed by atoms with van der Waals surface area (Å²) >= 11 is 0. The summed E-state index contributed by atoms with van der Waals surface area (Å²) in [5.74, 6) is -1.86. The minimum absolute atomic E-state index is 0.0656. The van der Waals surface area contributed by atoms with Crippen molar-refractivity contribution in [3.05, 3.63) is 59.7 Å².